The Morgan fingerprint density at radius 1 is 1.17 bits per heavy atom. The van der Waals surface area contributed by atoms with E-state index < -0.39 is 0 Å². The van der Waals surface area contributed by atoms with Gasteiger partial charge in [-0.3, -0.25) is 4.79 Å². The third-order valence-electron chi connectivity index (χ3n) is 7.49. The highest BCUT2D eigenvalue weighted by Crippen LogP contribution is 2.62. The van der Waals surface area contributed by atoms with Gasteiger partial charge in [-0.1, -0.05) is 30.1 Å². The Morgan fingerprint density at radius 3 is 2.43 bits per heavy atom. The molecular formula is C23H31Cl2N3O2. The Morgan fingerprint density at radius 2 is 1.83 bits per heavy atom. The van der Waals surface area contributed by atoms with Gasteiger partial charge in [-0.25, -0.2) is 4.79 Å². The largest absolute Gasteiger partial charge is 0.343 e. The maximum atomic E-state index is 12.8. The van der Waals surface area contributed by atoms with Gasteiger partial charge >= 0.3 is 6.03 Å². The van der Waals surface area contributed by atoms with E-state index in [9.17, 15) is 9.59 Å². The van der Waals surface area contributed by atoms with Crippen molar-refractivity contribution in [2.75, 3.05) is 20.1 Å². The van der Waals surface area contributed by atoms with E-state index in [2.05, 4.69) is 17.4 Å². The van der Waals surface area contributed by atoms with Crippen LogP contribution in [0.1, 0.15) is 57.4 Å². The van der Waals surface area contributed by atoms with E-state index in [4.69, 9.17) is 23.2 Å². The quantitative estimate of drug-likeness (QED) is 0.711. The predicted octanol–water partition coefficient (Wildman–Crippen LogP) is 4.85. The van der Waals surface area contributed by atoms with Crippen molar-refractivity contribution >= 4 is 35.1 Å². The number of piperidine rings is 1. The molecular weight excluding hydrogens is 421 g/mol. The fraction of sp³-hybridized carbons (Fsp3) is 0.652. The van der Waals surface area contributed by atoms with E-state index in [1.807, 2.05) is 23.8 Å². The van der Waals surface area contributed by atoms with E-state index in [1.54, 1.807) is 6.07 Å². The van der Waals surface area contributed by atoms with Crippen molar-refractivity contribution in [3.05, 3.63) is 33.8 Å². The molecule has 30 heavy (non-hydrogen) atoms. The molecule has 1 heterocycles. The monoisotopic (exact) mass is 451 g/mol. The minimum atomic E-state index is 0.0132. The van der Waals surface area contributed by atoms with Crippen LogP contribution in [-0.2, 0) is 10.2 Å². The lowest BCUT2D eigenvalue weighted by Crippen LogP contribution is -2.52. The van der Waals surface area contributed by atoms with E-state index in [1.165, 1.54) is 5.56 Å². The highest BCUT2D eigenvalue weighted by Gasteiger charge is 2.57. The molecule has 0 aromatic heterocycles. The molecule has 3 amide bonds. The molecule has 2 saturated carbocycles. The molecule has 3 fully saturated rings. The molecule has 1 aliphatic heterocycles. The molecule has 0 spiro atoms. The van der Waals surface area contributed by atoms with Crippen molar-refractivity contribution in [2.45, 2.75) is 69.4 Å². The fourth-order valence-corrected chi connectivity index (χ4v) is 6.05. The second-order valence-electron chi connectivity index (χ2n) is 9.21. The number of amides is 3. The number of hydrogen-bond acceptors (Lipinski definition) is 2. The standard InChI is InChI=1S/C23H31Cl2N3O2/c1-3-21(29)28-8-5-20(6-9-28)27(2)22(30)26-19-4-7-23(14-16(23)12-19)15-10-17(24)13-18(25)11-15/h10-11,13,16,19-20H,3-9,12,14H2,1-2H3,(H,26,30)/t16-,19+,23+/m1/s1. The van der Waals surface area contributed by atoms with Gasteiger partial charge in [0, 0.05) is 48.7 Å². The first kappa shape index (κ1) is 21.8. The number of carbonyl (C=O) groups is 2. The maximum Gasteiger partial charge on any atom is 0.317 e. The number of likely N-dealkylation sites (tertiary alicyclic amines) is 1. The summed E-state index contributed by atoms with van der Waals surface area (Å²) in [6.45, 7) is 3.38. The van der Waals surface area contributed by atoms with Crippen molar-refractivity contribution in [2.24, 2.45) is 5.92 Å². The summed E-state index contributed by atoms with van der Waals surface area (Å²) in [5.74, 6) is 0.788. The van der Waals surface area contributed by atoms with Gasteiger partial charge in [-0.15, -0.1) is 0 Å². The topological polar surface area (TPSA) is 52.7 Å². The number of halogens is 2. The Kier molecular flexibility index (Phi) is 6.23. The molecule has 3 aliphatic rings. The van der Waals surface area contributed by atoms with E-state index in [-0.39, 0.29) is 29.4 Å². The molecule has 1 aromatic rings. The SMILES string of the molecule is CCC(=O)N1CCC(N(C)C(=O)N[C@H]2CC[C@@]3(c4cc(Cl)cc(Cl)c4)C[C@H]3C2)CC1. The first-order chi connectivity index (χ1) is 14.3. The second kappa shape index (κ2) is 8.58. The Labute approximate surface area is 189 Å². The average Bonchev–Trinajstić information content (AvgIpc) is 3.47. The van der Waals surface area contributed by atoms with Crippen LogP contribution < -0.4 is 5.32 Å². The van der Waals surface area contributed by atoms with Crippen LogP contribution in [0.5, 0.6) is 0 Å². The number of rotatable bonds is 4. The summed E-state index contributed by atoms with van der Waals surface area (Å²) in [4.78, 5) is 28.5. The summed E-state index contributed by atoms with van der Waals surface area (Å²) in [5.41, 5.74) is 1.45. The van der Waals surface area contributed by atoms with Gasteiger partial charge in [-0.05, 0) is 73.6 Å². The number of carbonyl (C=O) groups excluding carboxylic acids is 2. The van der Waals surface area contributed by atoms with Gasteiger partial charge in [0.2, 0.25) is 5.91 Å². The highest BCUT2D eigenvalue weighted by atomic mass is 35.5. The van der Waals surface area contributed by atoms with Crippen LogP contribution in [-0.4, -0.2) is 54.0 Å². The van der Waals surface area contributed by atoms with Gasteiger partial charge in [0.25, 0.3) is 0 Å². The molecule has 1 saturated heterocycles. The van der Waals surface area contributed by atoms with Gasteiger partial charge in [-0.2, -0.15) is 0 Å². The molecule has 2 aliphatic carbocycles. The molecule has 5 nitrogen and oxygen atoms in total. The van der Waals surface area contributed by atoms with E-state index in [0.29, 0.717) is 22.4 Å². The van der Waals surface area contributed by atoms with Crippen LogP contribution in [0.3, 0.4) is 0 Å². The number of hydrogen-bond donors (Lipinski definition) is 1. The zero-order valence-electron chi connectivity index (χ0n) is 17.8. The first-order valence-corrected chi connectivity index (χ1v) is 11.9. The van der Waals surface area contributed by atoms with Crippen LogP contribution in [0.2, 0.25) is 10.0 Å². The summed E-state index contributed by atoms with van der Waals surface area (Å²) < 4.78 is 0. The summed E-state index contributed by atoms with van der Waals surface area (Å²) in [6, 6.07) is 6.32. The molecule has 7 heteroatoms. The molecule has 3 atom stereocenters. The van der Waals surface area contributed by atoms with Crippen molar-refractivity contribution in [1.82, 2.24) is 15.1 Å². The number of urea groups is 1. The summed E-state index contributed by atoms with van der Waals surface area (Å²) in [6.07, 6.45) is 6.43. The van der Waals surface area contributed by atoms with Crippen molar-refractivity contribution in [1.29, 1.82) is 0 Å². The maximum absolute atomic E-state index is 12.8. The van der Waals surface area contributed by atoms with Crippen molar-refractivity contribution in [3.63, 3.8) is 0 Å². The minimum absolute atomic E-state index is 0.0132. The van der Waals surface area contributed by atoms with Crippen LogP contribution in [0.4, 0.5) is 4.79 Å². The van der Waals surface area contributed by atoms with Crippen LogP contribution in [0.25, 0.3) is 0 Å². The summed E-state index contributed by atoms with van der Waals surface area (Å²) in [5, 5.41) is 4.66. The van der Waals surface area contributed by atoms with Gasteiger partial charge in [0.15, 0.2) is 0 Å². The fourth-order valence-electron chi connectivity index (χ4n) is 5.53. The lowest BCUT2D eigenvalue weighted by molar-refractivity contribution is -0.132. The lowest BCUT2D eigenvalue weighted by atomic mass is 9.81. The second-order valence-corrected chi connectivity index (χ2v) is 10.1. The highest BCUT2D eigenvalue weighted by molar-refractivity contribution is 6.34. The number of benzene rings is 1. The summed E-state index contributed by atoms with van der Waals surface area (Å²) >= 11 is 12.4. The van der Waals surface area contributed by atoms with Gasteiger partial charge in [0.05, 0.1) is 0 Å². The average molecular weight is 452 g/mol. The minimum Gasteiger partial charge on any atom is -0.343 e. The van der Waals surface area contributed by atoms with Crippen LogP contribution >= 0.6 is 23.2 Å². The number of fused-ring (bicyclic) bond motifs is 1. The normalized spacial score (nSPS) is 28.6. The molecule has 4 rings (SSSR count). The predicted molar refractivity (Wildman–Crippen MR) is 120 cm³/mol. The summed E-state index contributed by atoms with van der Waals surface area (Å²) in [7, 11) is 1.88. The Bertz CT molecular complexity index is 804. The molecule has 1 aromatic carbocycles. The van der Waals surface area contributed by atoms with Crippen molar-refractivity contribution < 1.29 is 9.59 Å². The molecule has 1 N–H and O–H groups in total. The molecule has 0 bridgehead atoms. The number of nitrogens with zero attached hydrogens (tertiary/aromatic N) is 2. The van der Waals surface area contributed by atoms with E-state index >= 15 is 0 Å². The third-order valence-corrected chi connectivity index (χ3v) is 7.93. The Hall–Kier alpha value is -1.46. The van der Waals surface area contributed by atoms with Crippen LogP contribution in [0.15, 0.2) is 18.2 Å². The number of nitrogens with one attached hydrogen (secondary N) is 1. The van der Waals surface area contributed by atoms with Crippen LogP contribution in [0, 0.1) is 5.92 Å². The smallest absolute Gasteiger partial charge is 0.317 e. The third kappa shape index (κ3) is 4.29. The van der Waals surface area contributed by atoms with Gasteiger partial charge in [0.1, 0.15) is 0 Å². The zero-order chi connectivity index (χ0) is 21.5. The van der Waals surface area contributed by atoms with Crippen molar-refractivity contribution in [3.8, 4) is 0 Å². The van der Waals surface area contributed by atoms with E-state index in [0.717, 1.165) is 51.6 Å². The first-order valence-electron chi connectivity index (χ1n) is 11.1. The Balaban J connectivity index is 1.28. The molecule has 164 valence electrons. The molecule has 0 unspecified atom stereocenters. The van der Waals surface area contributed by atoms with Gasteiger partial charge < -0.3 is 15.1 Å². The molecule has 0 radical (unpaired) electrons. The zero-order valence-corrected chi connectivity index (χ0v) is 19.3. The lowest BCUT2D eigenvalue weighted by Gasteiger charge is -2.38.